The van der Waals surface area contributed by atoms with Gasteiger partial charge < -0.3 is 0 Å². The second kappa shape index (κ2) is 10.8. The van der Waals surface area contributed by atoms with Gasteiger partial charge in [0.1, 0.15) is 0 Å². The van der Waals surface area contributed by atoms with E-state index in [1.807, 2.05) is 0 Å². The molecule has 0 heteroatoms. The fourth-order valence-corrected chi connectivity index (χ4v) is 5.46. The van der Waals surface area contributed by atoms with Crippen molar-refractivity contribution in [2.75, 3.05) is 0 Å². The van der Waals surface area contributed by atoms with E-state index in [0.29, 0.717) is 0 Å². The molecule has 0 bridgehead atoms. The molecule has 0 aliphatic heterocycles. The Labute approximate surface area is 208 Å². The topological polar surface area (TPSA) is 0 Å². The van der Waals surface area contributed by atoms with Crippen molar-refractivity contribution in [2.45, 2.75) is 90.4 Å². The molecule has 0 amide bonds. The summed E-state index contributed by atoms with van der Waals surface area (Å²) in [5, 5.41) is 0. The van der Waals surface area contributed by atoms with E-state index < -0.39 is 0 Å². The summed E-state index contributed by atoms with van der Waals surface area (Å²) in [6.45, 7) is 13.8. The first kappa shape index (κ1) is 24.5. The van der Waals surface area contributed by atoms with Crippen molar-refractivity contribution in [3.8, 4) is 0 Å². The Hall–Kier alpha value is -2.60. The maximum Gasteiger partial charge on any atom is 0.0343 e. The van der Waals surface area contributed by atoms with E-state index in [4.69, 9.17) is 0 Å². The molecule has 0 spiro atoms. The minimum atomic E-state index is 0.152. The van der Waals surface area contributed by atoms with E-state index in [9.17, 15) is 0 Å². The van der Waals surface area contributed by atoms with Gasteiger partial charge in [0, 0.05) is 5.92 Å². The second-order valence-corrected chi connectivity index (χ2v) is 11.2. The zero-order chi connectivity index (χ0) is 24.1. The summed E-state index contributed by atoms with van der Waals surface area (Å²) in [6.07, 6.45) is 17.2. The van der Waals surface area contributed by atoms with E-state index in [0.717, 1.165) is 12.8 Å². The first-order chi connectivity index (χ1) is 16.4. The fourth-order valence-electron chi connectivity index (χ4n) is 5.46. The van der Waals surface area contributed by atoms with Gasteiger partial charge in [-0.2, -0.15) is 0 Å². The van der Waals surface area contributed by atoms with Crippen molar-refractivity contribution in [1.82, 2.24) is 0 Å². The van der Waals surface area contributed by atoms with Gasteiger partial charge in [-0.3, -0.25) is 0 Å². The average molecular weight is 451 g/mol. The third-order valence-corrected chi connectivity index (χ3v) is 7.45. The van der Waals surface area contributed by atoms with Gasteiger partial charge in [-0.05, 0) is 81.7 Å². The van der Waals surface area contributed by atoms with Crippen LogP contribution in [0.1, 0.15) is 101 Å². The van der Waals surface area contributed by atoms with E-state index in [-0.39, 0.29) is 11.3 Å². The van der Waals surface area contributed by atoms with Gasteiger partial charge in [0.05, 0.1) is 0 Å². The summed E-state index contributed by atoms with van der Waals surface area (Å²) in [5.74, 6) is 0.281. The molecule has 0 nitrogen and oxygen atoms in total. The molecule has 0 N–H and O–H groups in total. The molecule has 178 valence electrons. The standard InChI is InChI=1S/C34H42/c1-6-7-8-9-10-15-26-16-13-18-28(22-26)33-25(2)32(30-20-11-12-21-31(30)33)24-27-17-14-19-29(23-27)34(3,4)5/h12-14,16-19,21-24,33H,2,6-11,15,20H2,1,3-5H3/b32-24-. The van der Waals surface area contributed by atoms with Gasteiger partial charge >= 0.3 is 0 Å². The highest BCUT2D eigenvalue weighted by molar-refractivity contribution is 5.75. The van der Waals surface area contributed by atoms with Gasteiger partial charge in [-0.15, -0.1) is 0 Å². The SMILES string of the molecule is C=C1/C(=C/c2cccc(C(C)(C)C)c2)C2=C(C=CCC2)C1c1cccc(CCCCCCC)c1. The Balaban J connectivity index is 1.62. The molecular formula is C34H42. The molecular weight excluding hydrogens is 408 g/mol. The summed E-state index contributed by atoms with van der Waals surface area (Å²) in [6, 6.07) is 18.4. The molecule has 2 aromatic carbocycles. The van der Waals surface area contributed by atoms with Crippen molar-refractivity contribution in [2.24, 2.45) is 0 Å². The Bertz CT molecular complexity index is 1110. The van der Waals surface area contributed by atoms with Crippen LogP contribution in [0.4, 0.5) is 0 Å². The maximum absolute atomic E-state index is 4.67. The number of benzene rings is 2. The number of hydrogen-bond donors (Lipinski definition) is 0. The van der Waals surface area contributed by atoms with Gasteiger partial charge in [0.25, 0.3) is 0 Å². The van der Waals surface area contributed by atoms with Gasteiger partial charge in [-0.25, -0.2) is 0 Å². The van der Waals surface area contributed by atoms with Gasteiger partial charge in [0.15, 0.2) is 0 Å². The summed E-state index contributed by atoms with van der Waals surface area (Å²) < 4.78 is 0. The Morgan fingerprint density at radius 1 is 0.971 bits per heavy atom. The van der Waals surface area contributed by atoms with Crippen molar-refractivity contribution >= 4 is 6.08 Å². The minimum Gasteiger partial charge on any atom is -0.0943 e. The zero-order valence-electron chi connectivity index (χ0n) is 21.8. The number of rotatable bonds is 8. The zero-order valence-corrected chi connectivity index (χ0v) is 21.8. The van der Waals surface area contributed by atoms with Gasteiger partial charge in [-0.1, -0.05) is 121 Å². The molecule has 0 saturated carbocycles. The monoisotopic (exact) mass is 450 g/mol. The van der Waals surface area contributed by atoms with Crippen LogP contribution in [0.2, 0.25) is 0 Å². The molecule has 0 fully saturated rings. The van der Waals surface area contributed by atoms with Crippen molar-refractivity contribution in [3.05, 3.63) is 112 Å². The van der Waals surface area contributed by atoms with E-state index in [2.05, 4.69) is 101 Å². The highest BCUT2D eigenvalue weighted by atomic mass is 14.4. The first-order valence-corrected chi connectivity index (χ1v) is 13.4. The molecule has 34 heavy (non-hydrogen) atoms. The Morgan fingerprint density at radius 2 is 1.76 bits per heavy atom. The quantitative estimate of drug-likeness (QED) is 0.351. The third-order valence-electron chi connectivity index (χ3n) is 7.45. The summed E-state index contributed by atoms with van der Waals surface area (Å²) in [7, 11) is 0. The van der Waals surface area contributed by atoms with Crippen LogP contribution in [-0.2, 0) is 11.8 Å². The van der Waals surface area contributed by atoms with Gasteiger partial charge in [0.2, 0.25) is 0 Å². The normalized spacial score (nSPS) is 19.2. The van der Waals surface area contributed by atoms with Crippen LogP contribution in [0.5, 0.6) is 0 Å². The number of allylic oxidation sites excluding steroid dienone is 6. The molecule has 1 atom stereocenters. The first-order valence-electron chi connectivity index (χ1n) is 13.4. The van der Waals surface area contributed by atoms with E-state index in [1.54, 1.807) is 0 Å². The highest BCUT2D eigenvalue weighted by Crippen LogP contribution is 2.50. The lowest BCUT2D eigenvalue weighted by molar-refractivity contribution is 0.590. The predicted molar refractivity (Wildman–Crippen MR) is 149 cm³/mol. The van der Waals surface area contributed by atoms with Crippen LogP contribution in [0.25, 0.3) is 6.08 Å². The molecule has 2 aromatic rings. The largest absolute Gasteiger partial charge is 0.0943 e. The molecule has 0 heterocycles. The lowest BCUT2D eigenvalue weighted by Gasteiger charge is -2.19. The molecule has 2 aliphatic carbocycles. The van der Waals surface area contributed by atoms with Crippen LogP contribution >= 0.6 is 0 Å². The predicted octanol–water partition coefficient (Wildman–Crippen LogP) is 9.88. The van der Waals surface area contributed by atoms with Crippen LogP contribution in [0.15, 0.2) is 89.6 Å². The molecule has 2 aliphatic rings. The van der Waals surface area contributed by atoms with Crippen molar-refractivity contribution in [1.29, 1.82) is 0 Å². The Kier molecular flexibility index (Phi) is 7.77. The summed E-state index contributed by atoms with van der Waals surface area (Å²) in [5.41, 5.74) is 11.3. The summed E-state index contributed by atoms with van der Waals surface area (Å²) >= 11 is 0. The highest BCUT2D eigenvalue weighted by Gasteiger charge is 2.33. The molecule has 0 radical (unpaired) electrons. The summed E-state index contributed by atoms with van der Waals surface area (Å²) in [4.78, 5) is 0. The fraction of sp³-hybridized carbons (Fsp3) is 0.412. The van der Waals surface area contributed by atoms with Crippen molar-refractivity contribution < 1.29 is 0 Å². The van der Waals surface area contributed by atoms with Crippen LogP contribution in [0.3, 0.4) is 0 Å². The van der Waals surface area contributed by atoms with E-state index in [1.165, 1.54) is 83.1 Å². The van der Waals surface area contributed by atoms with Crippen molar-refractivity contribution in [3.63, 3.8) is 0 Å². The number of unbranched alkanes of at least 4 members (excludes halogenated alkanes) is 4. The Morgan fingerprint density at radius 3 is 2.56 bits per heavy atom. The average Bonchev–Trinajstić information content (AvgIpc) is 3.10. The molecule has 4 rings (SSSR count). The lowest BCUT2D eigenvalue weighted by Crippen LogP contribution is -2.10. The molecule has 0 aromatic heterocycles. The maximum atomic E-state index is 4.67. The van der Waals surface area contributed by atoms with E-state index >= 15 is 0 Å². The third kappa shape index (κ3) is 5.54. The van der Waals surface area contributed by atoms with Crippen LogP contribution < -0.4 is 0 Å². The number of hydrogen-bond acceptors (Lipinski definition) is 0. The minimum absolute atomic E-state index is 0.152. The lowest BCUT2D eigenvalue weighted by atomic mass is 9.85. The second-order valence-electron chi connectivity index (χ2n) is 11.2. The molecule has 1 unspecified atom stereocenters. The number of aryl methyl sites for hydroxylation is 1. The smallest absolute Gasteiger partial charge is 0.0343 e. The van der Waals surface area contributed by atoms with Crippen LogP contribution in [-0.4, -0.2) is 0 Å². The van der Waals surface area contributed by atoms with Crippen LogP contribution in [0, 0.1) is 0 Å². The molecule has 0 saturated heterocycles.